The molecule has 0 saturated carbocycles. The maximum Gasteiger partial charge on any atom is 0.177 e. The SMILES string of the molecule is Fc1cc2c(Br)ccc(CBr)c2s1. The van der Waals surface area contributed by atoms with Gasteiger partial charge < -0.3 is 0 Å². The van der Waals surface area contributed by atoms with Crippen LogP contribution in [-0.4, -0.2) is 0 Å². The van der Waals surface area contributed by atoms with Crippen LogP contribution in [0.15, 0.2) is 22.7 Å². The molecule has 2 aromatic rings. The molecular weight excluding hydrogens is 319 g/mol. The first-order valence-corrected chi connectivity index (χ1v) is 6.38. The fourth-order valence-corrected chi connectivity index (χ4v) is 3.37. The second-order valence-corrected chi connectivity index (χ2v) is 5.05. The van der Waals surface area contributed by atoms with Crippen LogP contribution in [0.2, 0.25) is 0 Å². The topological polar surface area (TPSA) is 0 Å². The molecule has 1 aromatic heterocycles. The molecule has 0 saturated heterocycles. The van der Waals surface area contributed by atoms with Gasteiger partial charge in [-0.05, 0) is 17.7 Å². The van der Waals surface area contributed by atoms with E-state index in [-0.39, 0.29) is 5.13 Å². The minimum atomic E-state index is -0.135. The first kappa shape index (κ1) is 9.62. The molecule has 2 rings (SSSR count). The molecule has 0 radical (unpaired) electrons. The smallest absolute Gasteiger partial charge is 0.177 e. The zero-order chi connectivity index (χ0) is 9.42. The lowest BCUT2D eigenvalue weighted by atomic mass is 10.2. The summed E-state index contributed by atoms with van der Waals surface area (Å²) in [5.74, 6) is 0. The lowest BCUT2D eigenvalue weighted by Gasteiger charge is -1.98. The lowest BCUT2D eigenvalue weighted by Crippen LogP contribution is -1.76. The van der Waals surface area contributed by atoms with Gasteiger partial charge in [-0.2, -0.15) is 4.39 Å². The Morgan fingerprint density at radius 1 is 1.38 bits per heavy atom. The molecule has 0 fully saturated rings. The van der Waals surface area contributed by atoms with E-state index in [1.54, 1.807) is 6.07 Å². The van der Waals surface area contributed by atoms with E-state index >= 15 is 0 Å². The summed E-state index contributed by atoms with van der Waals surface area (Å²) in [4.78, 5) is 0. The Balaban J connectivity index is 2.83. The molecule has 0 bridgehead atoms. The molecule has 68 valence electrons. The van der Waals surface area contributed by atoms with Crippen molar-refractivity contribution in [2.45, 2.75) is 5.33 Å². The predicted molar refractivity (Wildman–Crippen MR) is 62.1 cm³/mol. The van der Waals surface area contributed by atoms with Crippen molar-refractivity contribution in [1.82, 2.24) is 0 Å². The van der Waals surface area contributed by atoms with Crippen LogP contribution >= 0.6 is 43.2 Å². The maximum absolute atomic E-state index is 13.0. The van der Waals surface area contributed by atoms with Gasteiger partial charge in [-0.3, -0.25) is 0 Å². The maximum atomic E-state index is 13.0. The zero-order valence-corrected chi connectivity index (χ0v) is 10.5. The lowest BCUT2D eigenvalue weighted by molar-refractivity contribution is 0.658. The number of alkyl halides is 1. The standard InChI is InChI=1S/C9H5Br2FS/c10-4-5-1-2-7(11)6-3-8(12)13-9(5)6/h1-3H,4H2. The predicted octanol–water partition coefficient (Wildman–Crippen LogP) is 4.70. The highest BCUT2D eigenvalue weighted by molar-refractivity contribution is 9.10. The fraction of sp³-hybridized carbons (Fsp3) is 0.111. The van der Waals surface area contributed by atoms with Gasteiger partial charge in [0.25, 0.3) is 0 Å². The third kappa shape index (κ3) is 1.67. The molecule has 0 nitrogen and oxygen atoms in total. The van der Waals surface area contributed by atoms with Crippen molar-refractivity contribution in [2.75, 3.05) is 0 Å². The normalized spacial score (nSPS) is 11.0. The molecule has 0 N–H and O–H groups in total. The molecule has 0 amide bonds. The zero-order valence-electron chi connectivity index (χ0n) is 6.48. The third-order valence-electron chi connectivity index (χ3n) is 1.83. The molecule has 1 aromatic carbocycles. The number of hydrogen-bond acceptors (Lipinski definition) is 1. The van der Waals surface area contributed by atoms with Gasteiger partial charge in [0.05, 0.1) is 0 Å². The molecule has 13 heavy (non-hydrogen) atoms. The molecule has 0 spiro atoms. The quantitative estimate of drug-likeness (QED) is 0.667. The van der Waals surface area contributed by atoms with Crippen molar-refractivity contribution < 1.29 is 4.39 Å². The van der Waals surface area contributed by atoms with Crippen molar-refractivity contribution in [3.63, 3.8) is 0 Å². The van der Waals surface area contributed by atoms with Gasteiger partial charge >= 0.3 is 0 Å². The average molecular weight is 324 g/mol. The van der Waals surface area contributed by atoms with Crippen LogP contribution in [0.4, 0.5) is 4.39 Å². The summed E-state index contributed by atoms with van der Waals surface area (Å²) in [5.41, 5.74) is 1.13. The second kappa shape index (κ2) is 3.67. The first-order chi connectivity index (χ1) is 6.22. The number of rotatable bonds is 1. The minimum absolute atomic E-state index is 0.135. The Labute approximate surface area is 96.0 Å². The van der Waals surface area contributed by atoms with Crippen LogP contribution in [0, 0.1) is 5.13 Å². The molecular formula is C9H5Br2FS. The summed E-state index contributed by atoms with van der Waals surface area (Å²) < 4.78 is 15.0. The summed E-state index contributed by atoms with van der Waals surface area (Å²) in [6, 6.07) is 5.51. The number of hydrogen-bond donors (Lipinski definition) is 0. The van der Waals surface area contributed by atoms with E-state index < -0.39 is 0 Å². The van der Waals surface area contributed by atoms with E-state index in [9.17, 15) is 4.39 Å². The van der Waals surface area contributed by atoms with Crippen LogP contribution in [0.1, 0.15) is 5.56 Å². The van der Waals surface area contributed by atoms with Crippen LogP contribution in [0.25, 0.3) is 10.1 Å². The highest BCUT2D eigenvalue weighted by Gasteiger charge is 2.08. The van der Waals surface area contributed by atoms with Crippen LogP contribution in [0.5, 0.6) is 0 Å². The Morgan fingerprint density at radius 2 is 2.15 bits per heavy atom. The molecule has 0 atom stereocenters. The van der Waals surface area contributed by atoms with Gasteiger partial charge in [-0.1, -0.05) is 37.9 Å². The molecule has 0 aliphatic rings. The summed E-state index contributed by atoms with van der Waals surface area (Å²) in [5, 5.41) is 1.58. The monoisotopic (exact) mass is 322 g/mol. The molecule has 0 aliphatic carbocycles. The van der Waals surface area contributed by atoms with Crippen molar-refractivity contribution in [3.8, 4) is 0 Å². The van der Waals surface area contributed by atoms with E-state index in [0.29, 0.717) is 0 Å². The molecule has 0 aliphatic heterocycles. The number of benzene rings is 1. The van der Waals surface area contributed by atoms with Gasteiger partial charge in [0.1, 0.15) is 0 Å². The van der Waals surface area contributed by atoms with Crippen LogP contribution in [-0.2, 0) is 5.33 Å². The summed E-state index contributed by atoms with van der Waals surface area (Å²) >= 11 is 7.97. The van der Waals surface area contributed by atoms with Gasteiger partial charge in [0.15, 0.2) is 5.13 Å². The number of fused-ring (bicyclic) bond motifs is 1. The molecule has 1 heterocycles. The Morgan fingerprint density at radius 3 is 2.85 bits per heavy atom. The van der Waals surface area contributed by atoms with E-state index in [1.807, 2.05) is 12.1 Å². The van der Waals surface area contributed by atoms with Gasteiger partial charge in [0.2, 0.25) is 0 Å². The van der Waals surface area contributed by atoms with Crippen LogP contribution < -0.4 is 0 Å². The highest BCUT2D eigenvalue weighted by Crippen LogP contribution is 2.34. The summed E-state index contributed by atoms with van der Waals surface area (Å²) in [6.07, 6.45) is 0. The van der Waals surface area contributed by atoms with Crippen molar-refractivity contribution >= 4 is 53.3 Å². The van der Waals surface area contributed by atoms with Gasteiger partial charge in [0, 0.05) is 19.9 Å². The van der Waals surface area contributed by atoms with E-state index in [0.717, 1.165) is 25.5 Å². The Kier molecular flexibility index (Phi) is 2.72. The van der Waals surface area contributed by atoms with E-state index in [4.69, 9.17) is 0 Å². The van der Waals surface area contributed by atoms with Crippen molar-refractivity contribution in [3.05, 3.63) is 33.4 Å². The summed E-state index contributed by atoms with van der Waals surface area (Å²) in [7, 11) is 0. The average Bonchev–Trinajstić information content (AvgIpc) is 2.48. The van der Waals surface area contributed by atoms with Gasteiger partial charge in [-0.25, -0.2) is 0 Å². The van der Waals surface area contributed by atoms with Crippen molar-refractivity contribution in [2.24, 2.45) is 0 Å². The highest BCUT2D eigenvalue weighted by atomic mass is 79.9. The number of thiophene rings is 1. The van der Waals surface area contributed by atoms with E-state index in [1.165, 1.54) is 11.3 Å². The summed E-state index contributed by atoms with van der Waals surface area (Å²) in [6.45, 7) is 0. The second-order valence-electron chi connectivity index (χ2n) is 2.63. The largest absolute Gasteiger partial charge is 0.195 e. The van der Waals surface area contributed by atoms with Crippen molar-refractivity contribution in [1.29, 1.82) is 0 Å². The fourth-order valence-electron chi connectivity index (χ4n) is 1.22. The van der Waals surface area contributed by atoms with Gasteiger partial charge in [-0.15, -0.1) is 11.3 Å². The Bertz CT molecular complexity index is 450. The first-order valence-electron chi connectivity index (χ1n) is 3.65. The molecule has 4 heteroatoms. The van der Waals surface area contributed by atoms with Crippen LogP contribution in [0.3, 0.4) is 0 Å². The van der Waals surface area contributed by atoms with E-state index in [2.05, 4.69) is 31.9 Å². The third-order valence-corrected chi connectivity index (χ3v) is 4.12. The number of halogens is 3. The Hall–Kier alpha value is 0.0700. The minimum Gasteiger partial charge on any atom is -0.195 e. The molecule has 0 unspecified atom stereocenters.